The molecule has 1 fully saturated rings. The van der Waals surface area contributed by atoms with E-state index in [2.05, 4.69) is 38.6 Å². The first-order chi connectivity index (χ1) is 14.3. The maximum atomic E-state index is 9.55. The predicted octanol–water partition coefficient (Wildman–Crippen LogP) is 3.01. The predicted molar refractivity (Wildman–Crippen MR) is 116 cm³/mol. The molecule has 1 aromatic carbocycles. The molecule has 1 N–H and O–H groups in total. The maximum Gasteiger partial charge on any atom is 0.144 e. The fourth-order valence-corrected chi connectivity index (χ4v) is 4.71. The first kappa shape index (κ1) is 20.1. The number of rotatable bonds is 8. The highest BCUT2D eigenvalue weighted by molar-refractivity contribution is 7.09. The molecule has 3 heterocycles. The maximum absolute atomic E-state index is 9.55. The fourth-order valence-electron chi connectivity index (χ4n) is 3.99. The Balaban J connectivity index is 1.40. The molecule has 2 aromatic heterocycles. The van der Waals surface area contributed by atoms with Crippen LogP contribution in [0.1, 0.15) is 16.9 Å². The largest absolute Gasteiger partial charge is 0.494 e. The Labute approximate surface area is 175 Å². The zero-order chi connectivity index (χ0) is 20.1. The summed E-state index contributed by atoms with van der Waals surface area (Å²) in [7, 11) is 1.68. The Kier molecular flexibility index (Phi) is 6.61. The number of ether oxygens (including phenoxy) is 1. The molecule has 6 nitrogen and oxygen atoms in total. The number of para-hydroxylation sites is 2. The van der Waals surface area contributed by atoms with Gasteiger partial charge in [0.1, 0.15) is 11.4 Å². The van der Waals surface area contributed by atoms with Gasteiger partial charge in [-0.1, -0.05) is 18.2 Å². The smallest absolute Gasteiger partial charge is 0.144 e. The lowest BCUT2D eigenvalue weighted by Gasteiger charge is -2.41. The first-order valence-corrected chi connectivity index (χ1v) is 10.9. The molecular weight excluding hydrogens is 384 g/mol. The molecule has 1 aliphatic heterocycles. The zero-order valence-electron chi connectivity index (χ0n) is 16.8. The summed E-state index contributed by atoms with van der Waals surface area (Å²) in [5.41, 5.74) is 2.13. The normalized spacial score (nSPS) is 18.2. The van der Waals surface area contributed by atoms with Gasteiger partial charge in [-0.05, 0) is 30.0 Å². The number of aliphatic hydroxyl groups is 1. The molecular formula is C22H28N4O2S. The SMILES string of the molecule is COc1ccccc1-n1cc(CN2CCN(Cc3cccs3)C(CCO)C2)cn1. The highest BCUT2D eigenvalue weighted by Crippen LogP contribution is 2.23. The molecule has 1 saturated heterocycles. The van der Waals surface area contributed by atoms with Crippen LogP contribution in [-0.4, -0.2) is 64.1 Å². The summed E-state index contributed by atoms with van der Waals surface area (Å²) in [6.07, 6.45) is 4.82. The van der Waals surface area contributed by atoms with Crippen LogP contribution in [0.15, 0.2) is 54.2 Å². The number of piperazine rings is 1. The molecule has 0 spiro atoms. The number of benzene rings is 1. The van der Waals surface area contributed by atoms with Gasteiger partial charge in [-0.2, -0.15) is 5.10 Å². The molecule has 1 unspecified atom stereocenters. The van der Waals surface area contributed by atoms with Crippen molar-refractivity contribution in [2.45, 2.75) is 25.6 Å². The molecule has 0 amide bonds. The minimum Gasteiger partial charge on any atom is -0.494 e. The molecule has 4 rings (SSSR count). The molecule has 154 valence electrons. The summed E-state index contributed by atoms with van der Waals surface area (Å²) in [6.45, 7) is 5.07. The highest BCUT2D eigenvalue weighted by atomic mass is 32.1. The van der Waals surface area contributed by atoms with Crippen molar-refractivity contribution in [2.24, 2.45) is 0 Å². The van der Waals surface area contributed by atoms with E-state index in [0.29, 0.717) is 6.04 Å². The van der Waals surface area contributed by atoms with E-state index < -0.39 is 0 Å². The van der Waals surface area contributed by atoms with Crippen LogP contribution >= 0.6 is 11.3 Å². The van der Waals surface area contributed by atoms with Gasteiger partial charge in [0, 0.05) is 62.0 Å². The van der Waals surface area contributed by atoms with Crippen LogP contribution in [0, 0.1) is 0 Å². The number of hydrogen-bond donors (Lipinski definition) is 1. The molecule has 0 radical (unpaired) electrons. The van der Waals surface area contributed by atoms with E-state index in [4.69, 9.17) is 4.74 Å². The van der Waals surface area contributed by atoms with Crippen molar-refractivity contribution >= 4 is 11.3 Å². The van der Waals surface area contributed by atoms with Gasteiger partial charge in [-0.25, -0.2) is 4.68 Å². The molecule has 0 bridgehead atoms. The third kappa shape index (κ3) is 4.87. The van der Waals surface area contributed by atoms with Gasteiger partial charge in [-0.15, -0.1) is 11.3 Å². The van der Waals surface area contributed by atoms with Crippen molar-refractivity contribution < 1.29 is 9.84 Å². The first-order valence-electron chi connectivity index (χ1n) is 10.0. The molecule has 0 saturated carbocycles. The quantitative estimate of drug-likeness (QED) is 0.616. The van der Waals surface area contributed by atoms with Gasteiger partial charge >= 0.3 is 0 Å². The van der Waals surface area contributed by atoms with Gasteiger partial charge in [0.25, 0.3) is 0 Å². The number of nitrogens with zero attached hydrogens (tertiary/aromatic N) is 4. The minimum atomic E-state index is 0.227. The van der Waals surface area contributed by atoms with Crippen LogP contribution in [0.2, 0.25) is 0 Å². The summed E-state index contributed by atoms with van der Waals surface area (Å²) in [5.74, 6) is 0.812. The van der Waals surface area contributed by atoms with Crippen LogP contribution in [0.4, 0.5) is 0 Å². The van der Waals surface area contributed by atoms with E-state index in [1.165, 1.54) is 10.4 Å². The molecule has 7 heteroatoms. The summed E-state index contributed by atoms with van der Waals surface area (Å²) < 4.78 is 7.34. The average Bonchev–Trinajstić information content (AvgIpc) is 3.42. The number of methoxy groups -OCH3 is 1. The van der Waals surface area contributed by atoms with Crippen LogP contribution in [-0.2, 0) is 13.1 Å². The zero-order valence-corrected chi connectivity index (χ0v) is 17.6. The van der Waals surface area contributed by atoms with E-state index in [-0.39, 0.29) is 6.61 Å². The van der Waals surface area contributed by atoms with Crippen molar-refractivity contribution in [3.05, 3.63) is 64.6 Å². The van der Waals surface area contributed by atoms with Crippen LogP contribution in [0.5, 0.6) is 5.75 Å². The monoisotopic (exact) mass is 412 g/mol. The van der Waals surface area contributed by atoms with Crippen LogP contribution in [0.3, 0.4) is 0 Å². The lowest BCUT2D eigenvalue weighted by Crippen LogP contribution is -2.52. The Morgan fingerprint density at radius 3 is 2.86 bits per heavy atom. The number of aliphatic hydroxyl groups excluding tert-OH is 1. The van der Waals surface area contributed by atoms with Gasteiger partial charge < -0.3 is 9.84 Å². The molecule has 3 aromatic rings. The molecule has 1 aliphatic rings. The molecule has 0 aliphatic carbocycles. The number of hydrogen-bond acceptors (Lipinski definition) is 6. The van der Waals surface area contributed by atoms with E-state index >= 15 is 0 Å². The van der Waals surface area contributed by atoms with Crippen LogP contribution in [0.25, 0.3) is 5.69 Å². The lowest BCUT2D eigenvalue weighted by molar-refractivity contribution is 0.0506. The van der Waals surface area contributed by atoms with Gasteiger partial charge in [0.15, 0.2) is 0 Å². The summed E-state index contributed by atoms with van der Waals surface area (Å²) >= 11 is 1.80. The van der Waals surface area contributed by atoms with Crippen molar-refractivity contribution in [2.75, 3.05) is 33.4 Å². The van der Waals surface area contributed by atoms with Gasteiger partial charge in [0.05, 0.1) is 13.3 Å². The van der Waals surface area contributed by atoms with Gasteiger partial charge in [-0.3, -0.25) is 9.80 Å². The van der Waals surface area contributed by atoms with Crippen molar-refractivity contribution in [3.63, 3.8) is 0 Å². The fraction of sp³-hybridized carbons (Fsp3) is 0.409. The Morgan fingerprint density at radius 1 is 1.17 bits per heavy atom. The topological polar surface area (TPSA) is 53.8 Å². The molecule has 1 atom stereocenters. The second kappa shape index (κ2) is 9.54. The lowest BCUT2D eigenvalue weighted by atomic mass is 10.1. The Bertz CT molecular complexity index is 896. The summed E-state index contributed by atoms with van der Waals surface area (Å²) in [6, 6.07) is 12.6. The summed E-state index contributed by atoms with van der Waals surface area (Å²) in [5, 5.41) is 16.2. The second-order valence-electron chi connectivity index (χ2n) is 7.42. The Hall–Kier alpha value is -2.19. The summed E-state index contributed by atoms with van der Waals surface area (Å²) in [4.78, 5) is 6.37. The highest BCUT2D eigenvalue weighted by Gasteiger charge is 2.27. The Morgan fingerprint density at radius 2 is 2.07 bits per heavy atom. The standard InChI is InChI=1S/C22H28N4O2S/c1-28-22-7-3-2-6-21(22)26-15-18(13-23-26)14-24-9-10-25(19(16-24)8-11-27)17-20-5-4-12-29-20/h2-7,12-13,15,19,27H,8-11,14,16-17H2,1H3. The third-order valence-corrected chi connectivity index (χ3v) is 6.33. The third-order valence-electron chi connectivity index (χ3n) is 5.46. The van der Waals surface area contributed by atoms with E-state index in [9.17, 15) is 5.11 Å². The van der Waals surface area contributed by atoms with Crippen LogP contribution < -0.4 is 4.74 Å². The van der Waals surface area contributed by atoms with Crippen molar-refractivity contribution in [1.82, 2.24) is 19.6 Å². The average molecular weight is 413 g/mol. The molecule has 29 heavy (non-hydrogen) atoms. The minimum absolute atomic E-state index is 0.227. The van der Waals surface area contributed by atoms with E-state index in [1.807, 2.05) is 35.1 Å². The van der Waals surface area contributed by atoms with Crippen molar-refractivity contribution in [3.8, 4) is 11.4 Å². The number of thiophene rings is 1. The second-order valence-corrected chi connectivity index (χ2v) is 8.45. The van der Waals surface area contributed by atoms with Gasteiger partial charge in [0.2, 0.25) is 0 Å². The number of aromatic nitrogens is 2. The van der Waals surface area contributed by atoms with Crippen molar-refractivity contribution in [1.29, 1.82) is 0 Å². The van der Waals surface area contributed by atoms with E-state index in [1.54, 1.807) is 18.4 Å². The van der Waals surface area contributed by atoms with E-state index in [0.717, 1.165) is 50.6 Å².